The number of allylic oxidation sites excluding steroid dienone is 2. The van der Waals surface area contributed by atoms with E-state index in [9.17, 15) is 19.7 Å². The van der Waals surface area contributed by atoms with Crippen molar-refractivity contribution >= 4 is 30.0 Å². The quantitative estimate of drug-likeness (QED) is 0.128. The fourth-order valence-corrected chi connectivity index (χ4v) is 5.85. The molecule has 0 saturated heterocycles. The Kier molecular flexibility index (Phi) is 10.7. The van der Waals surface area contributed by atoms with Crippen LogP contribution in [0.3, 0.4) is 0 Å². The zero-order valence-electron chi connectivity index (χ0n) is 29.6. The van der Waals surface area contributed by atoms with Crippen LogP contribution in [0.1, 0.15) is 66.8 Å². The van der Waals surface area contributed by atoms with Gasteiger partial charge in [-0.3, -0.25) is 10.1 Å². The molecule has 0 unspecified atom stereocenters. The number of likely N-dealkylation sites (N-methyl/N-ethyl adjacent to an activating group) is 1. The molecule has 1 atom stereocenters. The molecule has 46 heavy (non-hydrogen) atoms. The molecule has 10 heteroatoms. The largest absolute Gasteiger partial charge is 0.466 e. The minimum absolute atomic E-state index is 0. The molecule has 0 radical (unpaired) electrons. The first kappa shape index (κ1) is 31.5. The van der Waals surface area contributed by atoms with E-state index >= 15 is 0 Å². The molecule has 3 aromatic carbocycles. The molecule has 9 nitrogen and oxygen atoms in total. The Balaban J connectivity index is 0.00000650. The Morgan fingerprint density at radius 1 is 0.957 bits per heavy atom. The summed E-state index contributed by atoms with van der Waals surface area (Å²) >= 11 is 0. The molecular formula is C36H42ClN3O6. The fourth-order valence-electron chi connectivity index (χ4n) is 5.85. The Morgan fingerprint density at radius 3 is 2.04 bits per heavy atom. The number of nitro benzene ring substituents is 1. The van der Waals surface area contributed by atoms with Gasteiger partial charge in [-0.15, -0.1) is 12.4 Å². The lowest BCUT2D eigenvalue weighted by Crippen LogP contribution is -2.42. The lowest BCUT2D eigenvalue weighted by molar-refractivity contribution is -0.384. The lowest BCUT2D eigenvalue weighted by Gasteiger charge is -2.34. The standard InChI is InChI=1S/C36H41N3O6.ClH/c1-24-31(34(40)44-6)33(28-18-13-19-29(22-28)39(42)43)32(25(2)37-24)35(41)45-36(3,4)23-38(5)21-20-30(26-14-9-7-10-15-26)27-16-11-8-12-17-27;/h7-19,22,30,33,37H,20-21,23H2,1-6H3;1H/t33-;/m1./s1/i5D3;. The highest BCUT2D eigenvalue weighted by Crippen LogP contribution is 2.40. The van der Waals surface area contributed by atoms with Crippen LogP contribution in [-0.2, 0) is 19.1 Å². The first-order chi connectivity index (χ1) is 22.6. The molecule has 0 amide bonds. The van der Waals surface area contributed by atoms with Crippen molar-refractivity contribution < 1.29 is 28.1 Å². The predicted molar refractivity (Wildman–Crippen MR) is 181 cm³/mol. The summed E-state index contributed by atoms with van der Waals surface area (Å²) in [6, 6.07) is 25.5. The van der Waals surface area contributed by atoms with Gasteiger partial charge in [-0.2, -0.15) is 0 Å². The maximum absolute atomic E-state index is 14.1. The van der Waals surface area contributed by atoms with Gasteiger partial charge in [0.25, 0.3) is 5.69 Å². The molecule has 0 aromatic heterocycles. The third-order valence-electron chi connectivity index (χ3n) is 7.83. The van der Waals surface area contributed by atoms with Crippen LogP contribution in [0.2, 0.25) is 0 Å². The summed E-state index contributed by atoms with van der Waals surface area (Å²) < 4.78 is 36.1. The number of benzene rings is 3. The lowest BCUT2D eigenvalue weighted by atomic mass is 9.80. The third kappa shape index (κ3) is 8.62. The van der Waals surface area contributed by atoms with Gasteiger partial charge in [0.05, 0.1) is 29.1 Å². The number of hydrogen-bond acceptors (Lipinski definition) is 8. The zero-order chi connectivity index (χ0) is 35.2. The highest BCUT2D eigenvalue weighted by atomic mass is 35.5. The minimum Gasteiger partial charge on any atom is -0.466 e. The minimum atomic E-state index is -2.49. The maximum atomic E-state index is 14.1. The second-order valence-electron chi connectivity index (χ2n) is 11.7. The molecular weight excluding hydrogens is 606 g/mol. The number of hydrogen-bond donors (Lipinski definition) is 1. The molecule has 0 saturated carbocycles. The fraction of sp³-hybridized carbons (Fsp3) is 0.333. The number of nitrogens with zero attached hydrogens (tertiary/aromatic N) is 2. The van der Waals surface area contributed by atoms with Crippen LogP contribution in [0.5, 0.6) is 0 Å². The SMILES string of the molecule is Cl.[2H]C([2H])([2H])N(CCC(c1ccccc1)c1ccccc1)CC(C)(C)OC(=O)C1=C(C)NC(C)=C(C(=O)OC)[C@H]1c1cccc([N+](=O)[O-])c1. The van der Waals surface area contributed by atoms with Crippen LogP contribution >= 0.6 is 12.4 Å². The van der Waals surface area contributed by atoms with Gasteiger partial charge in [0.2, 0.25) is 0 Å². The Labute approximate surface area is 281 Å². The van der Waals surface area contributed by atoms with Gasteiger partial charge >= 0.3 is 11.9 Å². The predicted octanol–water partition coefficient (Wildman–Crippen LogP) is 6.90. The van der Waals surface area contributed by atoms with Crippen LogP contribution in [0.4, 0.5) is 5.69 Å². The number of dihydropyridines is 1. The first-order valence-electron chi connectivity index (χ1n) is 16.2. The Hall–Kier alpha value is -4.47. The first-order valence-corrected chi connectivity index (χ1v) is 14.7. The molecule has 1 aliphatic rings. The van der Waals surface area contributed by atoms with E-state index in [0.29, 0.717) is 23.4 Å². The van der Waals surface area contributed by atoms with E-state index in [-0.39, 0.29) is 48.2 Å². The second-order valence-corrected chi connectivity index (χ2v) is 11.7. The monoisotopic (exact) mass is 650 g/mol. The normalized spacial score (nSPS) is 16.2. The van der Waals surface area contributed by atoms with Crippen LogP contribution < -0.4 is 5.32 Å². The van der Waals surface area contributed by atoms with Gasteiger partial charge in [0.15, 0.2) is 0 Å². The number of halogens is 1. The van der Waals surface area contributed by atoms with Crippen molar-refractivity contribution in [3.8, 4) is 0 Å². The number of nitro groups is 1. The second kappa shape index (κ2) is 15.7. The summed E-state index contributed by atoms with van der Waals surface area (Å²) in [5, 5.41) is 14.7. The molecule has 0 bridgehead atoms. The van der Waals surface area contributed by atoms with Gasteiger partial charge in [0.1, 0.15) is 5.60 Å². The molecule has 1 aliphatic heterocycles. The maximum Gasteiger partial charge on any atom is 0.337 e. The van der Waals surface area contributed by atoms with Crippen molar-refractivity contribution in [2.24, 2.45) is 0 Å². The van der Waals surface area contributed by atoms with Crippen LogP contribution in [0, 0.1) is 10.1 Å². The molecule has 0 fully saturated rings. The summed E-state index contributed by atoms with van der Waals surface area (Å²) in [4.78, 5) is 39.5. The highest BCUT2D eigenvalue weighted by Gasteiger charge is 2.40. The van der Waals surface area contributed by atoms with E-state index in [4.69, 9.17) is 13.6 Å². The zero-order valence-corrected chi connectivity index (χ0v) is 27.4. The summed E-state index contributed by atoms with van der Waals surface area (Å²) in [6.07, 6.45) is 0.492. The van der Waals surface area contributed by atoms with Gasteiger partial charge in [-0.25, -0.2) is 9.59 Å². The average molecular weight is 651 g/mol. The van der Waals surface area contributed by atoms with E-state index in [2.05, 4.69) is 5.32 Å². The number of ether oxygens (including phenoxy) is 2. The Bertz CT molecular complexity index is 1670. The van der Waals surface area contributed by atoms with E-state index < -0.39 is 35.4 Å². The smallest absolute Gasteiger partial charge is 0.337 e. The summed E-state index contributed by atoms with van der Waals surface area (Å²) in [6.45, 7) is 4.13. The van der Waals surface area contributed by atoms with Crippen molar-refractivity contribution in [3.63, 3.8) is 0 Å². The van der Waals surface area contributed by atoms with Gasteiger partial charge in [-0.05, 0) is 64.3 Å². The Morgan fingerprint density at radius 2 is 1.52 bits per heavy atom. The van der Waals surface area contributed by atoms with Crippen LogP contribution in [-0.4, -0.2) is 54.5 Å². The number of carbonyl (C=O) groups is 2. The van der Waals surface area contributed by atoms with Crippen molar-refractivity contribution in [1.82, 2.24) is 10.2 Å². The van der Waals surface area contributed by atoms with Gasteiger partial charge in [-0.1, -0.05) is 72.8 Å². The van der Waals surface area contributed by atoms with Crippen molar-refractivity contribution in [2.45, 2.75) is 51.6 Å². The average Bonchev–Trinajstić information content (AvgIpc) is 3.03. The summed E-state index contributed by atoms with van der Waals surface area (Å²) in [5.74, 6) is -2.62. The van der Waals surface area contributed by atoms with Crippen molar-refractivity contribution in [3.05, 3.63) is 134 Å². The van der Waals surface area contributed by atoms with E-state index in [1.54, 1.807) is 33.8 Å². The van der Waals surface area contributed by atoms with E-state index in [1.165, 1.54) is 30.2 Å². The number of nitrogens with one attached hydrogen (secondary N) is 1. The molecule has 1 heterocycles. The summed E-state index contributed by atoms with van der Waals surface area (Å²) in [5.41, 5.74) is 1.90. The number of rotatable bonds is 12. The number of methoxy groups -OCH3 is 1. The number of carbonyl (C=O) groups excluding carboxylic acids is 2. The number of non-ortho nitro benzene ring substituents is 1. The topological polar surface area (TPSA) is 111 Å². The molecule has 3 aromatic rings. The van der Waals surface area contributed by atoms with Crippen LogP contribution in [0.25, 0.3) is 0 Å². The molecule has 244 valence electrons. The van der Waals surface area contributed by atoms with Crippen LogP contribution in [0.15, 0.2) is 107 Å². The van der Waals surface area contributed by atoms with Gasteiger partial charge < -0.3 is 19.7 Å². The summed E-state index contributed by atoms with van der Waals surface area (Å²) in [7, 11) is 1.21. The molecule has 0 aliphatic carbocycles. The van der Waals surface area contributed by atoms with Crippen molar-refractivity contribution in [1.29, 1.82) is 0 Å². The van der Waals surface area contributed by atoms with Crippen molar-refractivity contribution in [2.75, 3.05) is 27.2 Å². The molecule has 4 rings (SSSR count). The van der Waals surface area contributed by atoms with E-state index in [1.807, 2.05) is 60.7 Å². The molecule has 0 spiro atoms. The molecule has 1 N–H and O–H groups in total. The van der Waals surface area contributed by atoms with E-state index in [0.717, 1.165) is 11.1 Å². The highest BCUT2D eigenvalue weighted by molar-refractivity contribution is 6.00. The third-order valence-corrected chi connectivity index (χ3v) is 7.83. The van der Waals surface area contributed by atoms with Gasteiger partial charge in [0, 0.05) is 40.1 Å². The number of esters is 2.